The summed E-state index contributed by atoms with van der Waals surface area (Å²) in [6.45, 7) is 1.77. The average Bonchev–Trinajstić information content (AvgIpc) is 2.65. The first kappa shape index (κ1) is 9.24. The standard InChI is InChI=1S/C10H15N3O/c1-12-7-9(11-8-12)10(14)13-5-3-2-4-6-13/h7-8H,2-6H2,1H3. The molecule has 0 saturated carbocycles. The van der Waals surface area contributed by atoms with Crippen molar-refractivity contribution in [2.75, 3.05) is 13.1 Å². The summed E-state index contributed by atoms with van der Waals surface area (Å²) in [7, 11) is 1.87. The number of rotatable bonds is 1. The molecule has 14 heavy (non-hydrogen) atoms. The predicted molar refractivity (Wildman–Crippen MR) is 53.0 cm³/mol. The molecule has 1 aliphatic heterocycles. The van der Waals surface area contributed by atoms with Gasteiger partial charge in [0.05, 0.1) is 6.33 Å². The van der Waals surface area contributed by atoms with Crippen molar-refractivity contribution in [3.63, 3.8) is 0 Å². The van der Waals surface area contributed by atoms with E-state index in [2.05, 4.69) is 4.98 Å². The lowest BCUT2D eigenvalue weighted by atomic mass is 10.1. The van der Waals surface area contributed by atoms with Gasteiger partial charge in [-0.25, -0.2) is 4.98 Å². The fraction of sp³-hybridized carbons (Fsp3) is 0.600. The average molecular weight is 193 g/mol. The molecule has 4 nitrogen and oxygen atoms in total. The van der Waals surface area contributed by atoms with E-state index in [1.807, 2.05) is 11.9 Å². The number of imidazole rings is 1. The fourth-order valence-electron chi connectivity index (χ4n) is 1.78. The summed E-state index contributed by atoms with van der Waals surface area (Å²) in [4.78, 5) is 17.8. The molecule has 1 fully saturated rings. The van der Waals surface area contributed by atoms with E-state index in [9.17, 15) is 4.79 Å². The Morgan fingerprint density at radius 3 is 2.64 bits per heavy atom. The van der Waals surface area contributed by atoms with E-state index in [1.54, 1.807) is 17.1 Å². The quantitative estimate of drug-likeness (QED) is 0.668. The molecule has 0 unspecified atom stereocenters. The number of hydrogen-bond acceptors (Lipinski definition) is 2. The third-order valence-electron chi connectivity index (χ3n) is 2.57. The Hall–Kier alpha value is -1.32. The lowest BCUT2D eigenvalue weighted by Gasteiger charge is -2.25. The van der Waals surface area contributed by atoms with Crippen molar-refractivity contribution in [3.8, 4) is 0 Å². The summed E-state index contributed by atoms with van der Waals surface area (Å²) in [5.74, 6) is 0.0744. The minimum atomic E-state index is 0.0744. The van der Waals surface area contributed by atoms with Gasteiger partial charge < -0.3 is 9.47 Å². The number of aromatic nitrogens is 2. The van der Waals surface area contributed by atoms with Crippen molar-refractivity contribution >= 4 is 5.91 Å². The van der Waals surface area contributed by atoms with E-state index in [0.717, 1.165) is 25.9 Å². The maximum Gasteiger partial charge on any atom is 0.274 e. The summed E-state index contributed by atoms with van der Waals surface area (Å²) < 4.78 is 1.80. The summed E-state index contributed by atoms with van der Waals surface area (Å²) >= 11 is 0. The van der Waals surface area contributed by atoms with Gasteiger partial charge >= 0.3 is 0 Å². The second kappa shape index (κ2) is 3.82. The molecule has 0 atom stereocenters. The van der Waals surface area contributed by atoms with E-state index in [4.69, 9.17) is 0 Å². The van der Waals surface area contributed by atoms with Crippen LogP contribution in [0.5, 0.6) is 0 Å². The fourth-order valence-corrected chi connectivity index (χ4v) is 1.78. The third-order valence-corrected chi connectivity index (χ3v) is 2.57. The maximum atomic E-state index is 11.9. The van der Waals surface area contributed by atoms with Gasteiger partial charge in [-0.3, -0.25) is 4.79 Å². The molecular formula is C10H15N3O. The molecule has 76 valence electrons. The van der Waals surface area contributed by atoms with Gasteiger partial charge in [0.1, 0.15) is 5.69 Å². The number of carbonyl (C=O) groups is 1. The highest BCUT2D eigenvalue weighted by molar-refractivity contribution is 5.92. The number of amides is 1. The molecule has 4 heteroatoms. The van der Waals surface area contributed by atoms with Crippen LogP contribution in [0.2, 0.25) is 0 Å². The zero-order valence-electron chi connectivity index (χ0n) is 8.44. The largest absolute Gasteiger partial charge is 0.340 e. The lowest BCUT2D eigenvalue weighted by molar-refractivity contribution is 0.0719. The van der Waals surface area contributed by atoms with Crippen LogP contribution in [0, 0.1) is 0 Å². The zero-order valence-corrected chi connectivity index (χ0v) is 8.44. The van der Waals surface area contributed by atoms with Crippen molar-refractivity contribution in [2.45, 2.75) is 19.3 Å². The number of nitrogens with zero attached hydrogens (tertiary/aromatic N) is 3. The molecule has 0 N–H and O–H groups in total. The Bertz CT molecular complexity index is 326. The van der Waals surface area contributed by atoms with Crippen LogP contribution in [-0.4, -0.2) is 33.4 Å². The molecule has 0 spiro atoms. The number of aryl methyl sites for hydroxylation is 1. The van der Waals surface area contributed by atoms with Crippen molar-refractivity contribution < 1.29 is 4.79 Å². The molecule has 1 amide bonds. The second-order valence-electron chi connectivity index (χ2n) is 3.78. The van der Waals surface area contributed by atoms with Crippen LogP contribution in [0.4, 0.5) is 0 Å². The molecule has 1 aromatic heterocycles. The molecule has 0 bridgehead atoms. The van der Waals surface area contributed by atoms with Gasteiger partial charge in [0.15, 0.2) is 0 Å². The van der Waals surface area contributed by atoms with E-state index in [-0.39, 0.29) is 5.91 Å². The van der Waals surface area contributed by atoms with Crippen LogP contribution >= 0.6 is 0 Å². The summed E-state index contributed by atoms with van der Waals surface area (Å²) in [5, 5.41) is 0. The third kappa shape index (κ3) is 1.78. The SMILES string of the molecule is Cn1cnc(C(=O)N2CCCCC2)c1. The molecule has 0 aromatic carbocycles. The second-order valence-corrected chi connectivity index (χ2v) is 3.78. The lowest BCUT2D eigenvalue weighted by Crippen LogP contribution is -2.35. The smallest absolute Gasteiger partial charge is 0.274 e. The van der Waals surface area contributed by atoms with Crippen LogP contribution in [0.1, 0.15) is 29.8 Å². The highest BCUT2D eigenvalue weighted by Crippen LogP contribution is 2.11. The van der Waals surface area contributed by atoms with Gasteiger partial charge in [-0.15, -0.1) is 0 Å². The Morgan fingerprint density at radius 2 is 2.07 bits per heavy atom. The minimum Gasteiger partial charge on any atom is -0.340 e. The van der Waals surface area contributed by atoms with Crippen molar-refractivity contribution in [1.29, 1.82) is 0 Å². The minimum absolute atomic E-state index is 0.0744. The van der Waals surface area contributed by atoms with Crippen LogP contribution in [-0.2, 0) is 7.05 Å². The predicted octanol–water partition coefficient (Wildman–Crippen LogP) is 1.05. The Labute approximate surface area is 83.5 Å². The van der Waals surface area contributed by atoms with Crippen molar-refractivity contribution in [3.05, 3.63) is 18.2 Å². The van der Waals surface area contributed by atoms with Gasteiger partial charge in [-0.05, 0) is 19.3 Å². The van der Waals surface area contributed by atoms with Gasteiger partial charge in [0.25, 0.3) is 5.91 Å². The van der Waals surface area contributed by atoms with Gasteiger partial charge in [-0.1, -0.05) is 0 Å². The normalized spacial score (nSPS) is 17.1. The van der Waals surface area contributed by atoms with E-state index in [0.29, 0.717) is 5.69 Å². The molecule has 2 heterocycles. The number of likely N-dealkylation sites (tertiary alicyclic amines) is 1. The first-order valence-electron chi connectivity index (χ1n) is 5.04. The number of hydrogen-bond donors (Lipinski definition) is 0. The molecule has 1 aliphatic rings. The molecule has 2 rings (SSSR count). The molecular weight excluding hydrogens is 178 g/mol. The van der Waals surface area contributed by atoms with E-state index >= 15 is 0 Å². The molecule has 0 aliphatic carbocycles. The zero-order chi connectivity index (χ0) is 9.97. The monoisotopic (exact) mass is 193 g/mol. The molecule has 1 aromatic rings. The Morgan fingerprint density at radius 1 is 1.36 bits per heavy atom. The topological polar surface area (TPSA) is 38.1 Å². The van der Waals surface area contributed by atoms with Crippen molar-refractivity contribution in [2.24, 2.45) is 7.05 Å². The Balaban J connectivity index is 2.07. The van der Waals surface area contributed by atoms with Crippen LogP contribution in [0.3, 0.4) is 0 Å². The number of carbonyl (C=O) groups excluding carboxylic acids is 1. The summed E-state index contributed by atoms with van der Waals surface area (Å²) in [5.41, 5.74) is 0.564. The van der Waals surface area contributed by atoms with Crippen LogP contribution < -0.4 is 0 Å². The Kier molecular flexibility index (Phi) is 2.52. The van der Waals surface area contributed by atoms with E-state index < -0.39 is 0 Å². The van der Waals surface area contributed by atoms with Crippen LogP contribution in [0.25, 0.3) is 0 Å². The first-order chi connectivity index (χ1) is 6.77. The molecule has 1 saturated heterocycles. The summed E-state index contributed by atoms with van der Waals surface area (Å²) in [6, 6.07) is 0. The maximum absolute atomic E-state index is 11.9. The first-order valence-corrected chi connectivity index (χ1v) is 5.04. The van der Waals surface area contributed by atoms with Gasteiger partial charge in [0, 0.05) is 26.3 Å². The summed E-state index contributed by atoms with van der Waals surface area (Å²) in [6.07, 6.45) is 6.93. The van der Waals surface area contributed by atoms with Crippen LogP contribution in [0.15, 0.2) is 12.5 Å². The highest BCUT2D eigenvalue weighted by atomic mass is 16.2. The van der Waals surface area contributed by atoms with Gasteiger partial charge in [-0.2, -0.15) is 0 Å². The van der Waals surface area contributed by atoms with Gasteiger partial charge in [0.2, 0.25) is 0 Å². The highest BCUT2D eigenvalue weighted by Gasteiger charge is 2.19. The van der Waals surface area contributed by atoms with E-state index in [1.165, 1.54) is 6.42 Å². The molecule has 0 radical (unpaired) electrons. The number of piperidine rings is 1. The van der Waals surface area contributed by atoms with Crippen molar-refractivity contribution in [1.82, 2.24) is 14.5 Å².